The fraction of sp³-hybridized carbons (Fsp3) is 0.154. The number of carbonyl (C=O) groups excluding carboxylic acids is 3. The highest BCUT2D eigenvalue weighted by atomic mass is 127. The van der Waals surface area contributed by atoms with E-state index in [0.717, 1.165) is 6.08 Å². The zero-order chi connectivity index (χ0) is 15.7. The molecule has 8 heteroatoms. The maximum atomic E-state index is 11.3. The number of hydrogen-bond acceptors (Lipinski definition) is 7. The number of hydrogen-bond donors (Lipinski definition) is 0. The van der Waals surface area contributed by atoms with Crippen molar-refractivity contribution < 1.29 is 31.7 Å². The number of esters is 1. The van der Waals surface area contributed by atoms with Crippen LogP contribution in [0.5, 0.6) is 5.75 Å². The number of ether oxygens (including phenoxy) is 3. The summed E-state index contributed by atoms with van der Waals surface area (Å²) in [4.78, 5) is 33.2. The van der Waals surface area contributed by atoms with E-state index in [0.29, 0.717) is 5.56 Å². The fourth-order valence-corrected chi connectivity index (χ4v) is 1.41. The monoisotopic (exact) mass is 406 g/mol. The van der Waals surface area contributed by atoms with E-state index in [9.17, 15) is 14.4 Å². The first-order valence-electron chi connectivity index (χ1n) is 5.63. The van der Waals surface area contributed by atoms with Gasteiger partial charge in [0.2, 0.25) is 0 Å². The van der Waals surface area contributed by atoms with Crippen molar-refractivity contribution in [3.8, 4) is 5.75 Å². The standard InChI is InChI=1S/C13H11IO7/c1-2-11(15)18-7-8-19-13(17)20-10-5-3-9(4-6-10)12(16)21-14/h2-6H,1,7-8H2. The Kier molecular flexibility index (Phi) is 7.23. The van der Waals surface area contributed by atoms with Crippen LogP contribution in [0.1, 0.15) is 10.4 Å². The molecule has 0 bridgehead atoms. The Hall–Kier alpha value is -2.10. The fourth-order valence-electron chi connectivity index (χ4n) is 1.16. The highest BCUT2D eigenvalue weighted by Gasteiger charge is 2.09. The van der Waals surface area contributed by atoms with Gasteiger partial charge in [0.25, 0.3) is 0 Å². The molecule has 0 fully saturated rings. The van der Waals surface area contributed by atoms with Crippen LogP contribution < -0.4 is 4.74 Å². The molecule has 7 nitrogen and oxygen atoms in total. The summed E-state index contributed by atoms with van der Waals surface area (Å²) in [5.41, 5.74) is 0.321. The number of benzene rings is 1. The molecule has 0 saturated carbocycles. The summed E-state index contributed by atoms with van der Waals surface area (Å²) >= 11 is 1.47. The molecule has 0 N–H and O–H groups in total. The van der Waals surface area contributed by atoms with Crippen LogP contribution in [-0.4, -0.2) is 31.3 Å². The molecule has 0 amide bonds. The second-order valence-electron chi connectivity index (χ2n) is 3.46. The largest absolute Gasteiger partial charge is 0.513 e. The van der Waals surface area contributed by atoms with Crippen molar-refractivity contribution in [3.05, 3.63) is 42.5 Å². The highest BCUT2D eigenvalue weighted by molar-refractivity contribution is 14.1. The van der Waals surface area contributed by atoms with Gasteiger partial charge in [-0.2, -0.15) is 0 Å². The molecular weight excluding hydrogens is 395 g/mol. The van der Waals surface area contributed by atoms with Gasteiger partial charge in [-0.1, -0.05) is 6.58 Å². The van der Waals surface area contributed by atoms with Crippen LogP contribution in [-0.2, 0) is 17.3 Å². The molecule has 0 aromatic heterocycles. The summed E-state index contributed by atoms with van der Waals surface area (Å²) in [5.74, 6) is -0.911. The Bertz CT molecular complexity index is 524. The van der Waals surface area contributed by atoms with E-state index >= 15 is 0 Å². The summed E-state index contributed by atoms with van der Waals surface area (Å²) in [6.45, 7) is 2.98. The molecule has 21 heavy (non-hydrogen) atoms. The molecule has 0 heterocycles. The Morgan fingerprint density at radius 2 is 1.71 bits per heavy atom. The molecule has 0 radical (unpaired) electrons. The Morgan fingerprint density at radius 3 is 2.29 bits per heavy atom. The van der Waals surface area contributed by atoms with Crippen LogP contribution in [0.2, 0.25) is 0 Å². The van der Waals surface area contributed by atoms with Gasteiger partial charge < -0.3 is 17.3 Å². The number of rotatable bonds is 6. The average molecular weight is 406 g/mol. The second-order valence-corrected chi connectivity index (χ2v) is 3.90. The van der Waals surface area contributed by atoms with Gasteiger partial charge in [0.15, 0.2) is 23.0 Å². The lowest BCUT2D eigenvalue weighted by Gasteiger charge is -2.06. The molecule has 112 valence electrons. The molecule has 0 aliphatic rings. The zero-order valence-corrected chi connectivity index (χ0v) is 12.9. The van der Waals surface area contributed by atoms with Gasteiger partial charge in [-0.15, -0.1) is 0 Å². The van der Waals surface area contributed by atoms with Gasteiger partial charge in [0.1, 0.15) is 19.0 Å². The van der Waals surface area contributed by atoms with Crippen molar-refractivity contribution in [1.82, 2.24) is 0 Å². The van der Waals surface area contributed by atoms with Crippen LogP contribution in [0.4, 0.5) is 4.79 Å². The minimum Gasteiger partial charge on any atom is -0.459 e. The lowest BCUT2D eigenvalue weighted by atomic mass is 10.2. The Labute approximate surface area is 134 Å². The second kappa shape index (κ2) is 8.95. The van der Waals surface area contributed by atoms with Crippen LogP contribution in [0.25, 0.3) is 0 Å². The van der Waals surface area contributed by atoms with Gasteiger partial charge in [-0.05, 0) is 24.3 Å². The van der Waals surface area contributed by atoms with Gasteiger partial charge in [-0.25, -0.2) is 14.4 Å². The van der Waals surface area contributed by atoms with Crippen LogP contribution >= 0.6 is 23.0 Å². The first kappa shape index (κ1) is 17.0. The van der Waals surface area contributed by atoms with Crippen molar-refractivity contribution in [2.75, 3.05) is 13.2 Å². The normalized spacial score (nSPS) is 9.38. The predicted molar refractivity (Wildman–Crippen MR) is 79.0 cm³/mol. The minimum absolute atomic E-state index is 0.0968. The molecule has 1 aromatic rings. The van der Waals surface area contributed by atoms with Crippen LogP contribution in [0.3, 0.4) is 0 Å². The van der Waals surface area contributed by atoms with E-state index in [1.165, 1.54) is 47.3 Å². The Balaban J connectivity index is 2.36. The smallest absolute Gasteiger partial charge is 0.459 e. The quantitative estimate of drug-likeness (QED) is 0.236. The first-order valence-corrected chi connectivity index (χ1v) is 6.51. The van der Waals surface area contributed by atoms with Crippen LogP contribution in [0.15, 0.2) is 36.9 Å². The Morgan fingerprint density at radius 1 is 1.10 bits per heavy atom. The third-order valence-corrected chi connectivity index (χ3v) is 2.48. The third kappa shape index (κ3) is 6.25. The summed E-state index contributed by atoms with van der Waals surface area (Å²) < 4.78 is 18.6. The van der Waals surface area contributed by atoms with Crippen molar-refractivity contribution in [1.29, 1.82) is 0 Å². The van der Waals surface area contributed by atoms with Crippen molar-refractivity contribution in [3.63, 3.8) is 0 Å². The summed E-state index contributed by atoms with van der Waals surface area (Å²) in [5, 5.41) is 0. The predicted octanol–water partition coefficient (Wildman–Crippen LogP) is 2.44. The van der Waals surface area contributed by atoms with E-state index in [1.807, 2.05) is 0 Å². The lowest BCUT2D eigenvalue weighted by Crippen LogP contribution is -2.15. The summed E-state index contributed by atoms with van der Waals surface area (Å²) in [7, 11) is 0. The maximum absolute atomic E-state index is 11.3. The average Bonchev–Trinajstić information content (AvgIpc) is 2.51. The SMILES string of the molecule is C=CC(=O)OCCOC(=O)Oc1ccc(C(=O)OI)cc1. The number of halogens is 1. The van der Waals surface area contributed by atoms with Gasteiger partial charge in [0.05, 0.1) is 5.56 Å². The summed E-state index contributed by atoms with van der Waals surface area (Å²) in [6.07, 6.45) is 0.0505. The molecular formula is C13H11IO7. The van der Waals surface area contributed by atoms with E-state index in [4.69, 9.17) is 4.74 Å². The minimum atomic E-state index is -0.950. The first-order chi connectivity index (χ1) is 10.1. The van der Waals surface area contributed by atoms with E-state index in [1.54, 1.807) is 0 Å². The van der Waals surface area contributed by atoms with Gasteiger partial charge >= 0.3 is 18.1 Å². The molecule has 0 unspecified atom stereocenters. The zero-order valence-electron chi connectivity index (χ0n) is 10.7. The molecule has 0 spiro atoms. The number of carbonyl (C=O) groups is 3. The molecule has 0 atom stereocenters. The molecule has 0 aliphatic carbocycles. The van der Waals surface area contributed by atoms with Crippen molar-refractivity contribution >= 4 is 41.1 Å². The van der Waals surface area contributed by atoms with Gasteiger partial charge in [-0.3, -0.25) is 0 Å². The molecule has 1 rings (SSSR count). The third-order valence-electron chi connectivity index (χ3n) is 2.08. The van der Waals surface area contributed by atoms with E-state index in [-0.39, 0.29) is 19.0 Å². The molecule has 1 aromatic carbocycles. The van der Waals surface area contributed by atoms with E-state index < -0.39 is 18.1 Å². The lowest BCUT2D eigenvalue weighted by molar-refractivity contribution is -0.138. The maximum Gasteiger partial charge on any atom is 0.513 e. The van der Waals surface area contributed by atoms with Gasteiger partial charge in [0, 0.05) is 6.08 Å². The van der Waals surface area contributed by atoms with Crippen molar-refractivity contribution in [2.24, 2.45) is 0 Å². The van der Waals surface area contributed by atoms with Crippen molar-refractivity contribution in [2.45, 2.75) is 0 Å². The molecule has 0 aliphatic heterocycles. The topological polar surface area (TPSA) is 88.1 Å². The van der Waals surface area contributed by atoms with E-state index in [2.05, 4.69) is 19.1 Å². The summed E-state index contributed by atoms with van der Waals surface area (Å²) in [6, 6.07) is 5.72. The van der Waals surface area contributed by atoms with Crippen LogP contribution in [0, 0.1) is 0 Å². The highest BCUT2D eigenvalue weighted by Crippen LogP contribution is 2.14. The molecule has 0 saturated heterocycles.